The number of guanidine groups is 2. The van der Waals surface area contributed by atoms with Crippen molar-refractivity contribution in [1.29, 1.82) is 5.41 Å². The summed E-state index contributed by atoms with van der Waals surface area (Å²) in [5, 5.41) is 13.0. The minimum absolute atomic E-state index is 0.0482. The number of hydrogen-bond acceptors (Lipinski definition) is 3. The summed E-state index contributed by atoms with van der Waals surface area (Å²) in [5.41, 5.74) is 15.8. The highest BCUT2D eigenvalue weighted by molar-refractivity contribution is 5.76. The SMILES string of the molecule is CCC(N=C(N)N)NC(CC)NC(=N)N. The molecule has 2 unspecified atom stereocenters. The molecular formula is C8H21N7. The lowest BCUT2D eigenvalue weighted by Gasteiger charge is -2.22. The van der Waals surface area contributed by atoms with Crippen LogP contribution in [-0.2, 0) is 0 Å². The number of hydrogen-bond donors (Lipinski definition) is 6. The lowest BCUT2D eigenvalue weighted by molar-refractivity contribution is 0.396. The van der Waals surface area contributed by atoms with Gasteiger partial charge in [0.2, 0.25) is 0 Å². The summed E-state index contributed by atoms with van der Waals surface area (Å²) in [6.45, 7) is 3.93. The Morgan fingerprint density at radius 3 is 2.20 bits per heavy atom. The Morgan fingerprint density at radius 1 is 1.27 bits per heavy atom. The molecule has 88 valence electrons. The Labute approximate surface area is 90.0 Å². The Hall–Kier alpha value is -1.50. The minimum atomic E-state index is -0.160. The standard InChI is InChI=1S/C8H21N7/c1-3-5(14-7(9)10)13-6(4-2)15-8(11)12/h5-6,13H,3-4H2,1-2H3,(H4,9,10,14)(H4,11,12,15). The van der Waals surface area contributed by atoms with E-state index in [1.807, 2.05) is 13.8 Å². The highest BCUT2D eigenvalue weighted by Gasteiger charge is 2.11. The molecule has 0 spiro atoms. The highest BCUT2D eigenvalue weighted by Crippen LogP contribution is 1.96. The van der Waals surface area contributed by atoms with Crippen LogP contribution in [0.4, 0.5) is 0 Å². The van der Waals surface area contributed by atoms with Crippen molar-refractivity contribution in [2.24, 2.45) is 22.2 Å². The van der Waals surface area contributed by atoms with E-state index < -0.39 is 0 Å². The van der Waals surface area contributed by atoms with E-state index in [9.17, 15) is 0 Å². The molecule has 0 aliphatic carbocycles. The van der Waals surface area contributed by atoms with Crippen LogP contribution in [0, 0.1) is 5.41 Å². The summed E-state index contributed by atoms with van der Waals surface area (Å²) < 4.78 is 0. The molecule has 2 atom stereocenters. The maximum Gasteiger partial charge on any atom is 0.187 e. The van der Waals surface area contributed by atoms with Gasteiger partial charge in [0.1, 0.15) is 6.17 Å². The third-order valence-electron chi connectivity index (χ3n) is 1.82. The van der Waals surface area contributed by atoms with Gasteiger partial charge in [-0.05, 0) is 12.8 Å². The van der Waals surface area contributed by atoms with Crippen LogP contribution in [0.25, 0.3) is 0 Å². The topological polar surface area (TPSA) is 138 Å². The van der Waals surface area contributed by atoms with Gasteiger partial charge < -0.3 is 22.5 Å². The molecule has 0 aliphatic heterocycles. The second-order valence-electron chi connectivity index (χ2n) is 3.16. The van der Waals surface area contributed by atoms with E-state index in [2.05, 4.69) is 15.6 Å². The molecule has 0 fully saturated rings. The van der Waals surface area contributed by atoms with Gasteiger partial charge in [0, 0.05) is 0 Å². The number of aliphatic imine (C=N–C) groups is 1. The quantitative estimate of drug-likeness (QED) is 0.188. The summed E-state index contributed by atoms with van der Waals surface area (Å²) >= 11 is 0. The van der Waals surface area contributed by atoms with Crippen LogP contribution in [0.5, 0.6) is 0 Å². The molecule has 0 amide bonds. The monoisotopic (exact) mass is 215 g/mol. The van der Waals surface area contributed by atoms with Gasteiger partial charge in [-0.3, -0.25) is 10.7 Å². The molecule has 0 aromatic carbocycles. The third-order valence-corrected chi connectivity index (χ3v) is 1.82. The number of rotatable bonds is 6. The van der Waals surface area contributed by atoms with Gasteiger partial charge >= 0.3 is 0 Å². The van der Waals surface area contributed by atoms with E-state index in [1.54, 1.807) is 0 Å². The Kier molecular flexibility index (Phi) is 6.19. The van der Waals surface area contributed by atoms with E-state index in [4.69, 9.17) is 22.6 Å². The van der Waals surface area contributed by atoms with Crippen LogP contribution in [-0.4, -0.2) is 24.3 Å². The van der Waals surface area contributed by atoms with Crippen molar-refractivity contribution in [3.63, 3.8) is 0 Å². The van der Waals surface area contributed by atoms with Crippen molar-refractivity contribution < 1.29 is 0 Å². The second kappa shape index (κ2) is 6.88. The van der Waals surface area contributed by atoms with Crippen LogP contribution >= 0.6 is 0 Å². The third kappa shape index (κ3) is 6.55. The molecule has 0 saturated carbocycles. The lowest BCUT2D eigenvalue weighted by atomic mass is 10.3. The molecule has 0 saturated heterocycles. The van der Waals surface area contributed by atoms with Gasteiger partial charge in [0.15, 0.2) is 11.9 Å². The van der Waals surface area contributed by atoms with E-state index in [-0.39, 0.29) is 24.3 Å². The van der Waals surface area contributed by atoms with Crippen molar-refractivity contribution in [2.45, 2.75) is 39.0 Å². The average molecular weight is 215 g/mol. The summed E-state index contributed by atoms with van der Waals surface area (Å²) in [6, 6.07) is 0. The van der Waals surface area contributed by atoms with Crippen LogP contribution < -0.4 is 27.8 Å². The minimum Gasteiger partial charge on any atom is -0.370 e. The number of nitrogens with two attached hydrogens (primary N) is 3. The van der Waals surface area contributed by atoms with Crippen LogP contribution in [0.3, 0.4) is 0 Å². The molecule has 0 radical (unpaired) electrons. The van der Waals surface area contributed by atoms with E-state index >= 15 is 0 Å². The zero-order valence-electron chi connectivity index (χ0n) is 9.25. The summed E-state index contributed by atoms with van der Waals surface area (Å²) in [5.74, 6) is -0.0269. The fourth-order valence-corrected chi connectivity index (χ4v) is 1.11. The molecule has 0 aromatic rings. The molecule has 0 aliphatic rings. The van der Waals surface area contributed by atoms with E-state index in [1.165, 1.54) is 0 Å². The zero-order valence-corrected chi connectivity index (χ0v) is 9.25. The summed E-state index contributed by atoms with van der Waals surface area (Å²) in [6.07, 6.45) is 1.27. The zero-order chi connectivity index (χ0) is 11.8. The number of nitrogens with one attached hydrogen (secondary N) is 3. The first-order valence-electron chi connectivity index (χ1n) is 4.94. The fraction of sp³-hybridized carbons (Fsp3) is 0.750. The van der Waals surface area contributed by atoms with Gasteiger partial charge in [-0.25, -0.2) is 4.99 Å². The van der Waals surface area contributed by atoms with Crippen molar-refractivity contribution in [3.05, 3.63) is 0 Å². The van der Waals surface area contributed by atoms with E-state index in [0.29, 0.717) is 0 Å². The van der Waals surface area contributed by atoms with Crippen LogP contribution in [0.2, 0.25) is 0 Å². The van der Waals surface area contributed by atoms with Crippen LogP contribution in [0.1, 0.15) is 26.7 Å². The first-order valence-corrected chi connectivity index (χ1v) is 4.94. The van der Waals surface area contributed by atoms with Gasteiger partial charge in [0.25, 0.3) is 0 Å². The summed E-state index contributed by atoms with van der Waals surface area (Å²) in [4.78, 5) is 4.00. The molecular weight excluding hydrogens is 194 g/mol. The van der Waals surface area contributed by atoms with Crippen LogP contribution in [0.15, 0.2) is 4.99 Å². The predicted octanol–water partition coefficient (Wildman–Crippen LogP) is -1.20. The van der Waals surface area contributed by atoms with Gasteiger partial charge in [-0.2, -0.15) is 0 Å². The Balaban J connectivity index is 4.23. The largest absolute Gasteiger partial charge is 0.370 e. The smallest absolute Gasteiger partial charge is 0.187 e. The molecule has 7 nitrogen and oxygen atoms in total. The predicted molar refractivity (Wildman–Crippen MR) is 62.2 cm³/mol. The molecule has 7 heteroatoms. The van der Waals surface area contributed by atoms with Gasteiger partial charge in [-0.1, -0.05) is 13.8 Å². The van der Waals surface area contributed by atoms with Crippen molar-refractivity contribution in [2.75, 3.05) is 0 Å². The van der Waals surface area contributed by atoms with Gasteiger partial charge in [0.05, 0.1) is 6.17 Å². The normalized spacial score (nSPS) is 14.0. The van der Waals surface area contributed by atoms with E-state index in [0.717, 1.165) is 12.8 Å². The van der Waals surface area contributed by atoms with Gasteiger partial charge in [-0.15, -0.1) is 0 Å². The molecule has 0 rings (SSSR count). The lowest BCUT2D eigenvalue weighted by Crippen LogP contribution is -2.51. The fourth-order valence-electron chi connectivity index (χ4n) is 1.11. The maximum absolute atomic E-state index is 7.11. The van der Waals surface area contributed by atoms with Crippen molar-refractivity contribution in [1.82, 2.24) is 10.6 Å². The molecule has 0 aromatic heterocycles. The average Bonchev–Trinajstić information content (AvgIpc) is 2.14. The maximum atomic E-state index is 7.11. The summed E-state index contributed by atoms with van der Waals surface area (Å²) in [7, 11) is 0. The number of nitrogens with zero attached hydrogens (tertiary/aromatic N) is 1. The Bertz CT molecular complexity index is 221. The molecule has 0 bridgehead atoms. The molecule has 15 heavy (non-hydrogen) atoms. The van der Waals surface area contributed by atoms with Crippen molar-refractivity contribution >= 4 is 11.9 Å². The second-order valence-corrected chi connectivity index (χ2v) is 3.16. The Morgan fingerprint density at radius 2 is 1.87 bits per heavy atom. The first kappa shape index (κ1) is 13.5. The highest BCUT2D eigenvalue weighted by atomic mass is 15.2. The first-order chi connectivity index (χ1) is 6.99. The van der Waals surface area contributed by atoms with Crippen molar-refractivity contribution in [3.8, 4) is 0 Å². The molecule has 0 heterocycles. The molecule has 9 N–H and O–H groups in total.